The third kappa shape index (κ3) is 3.39. The first-order valence-corrected chi connectivity index (χ1v) is 6.90. The minimum absolute atomic E-state index is 0.175. The van der Waals surface area contributed by atoms with E-state index in [1.807, 2.05) is 12.1 Å². The van der Waals surface area contributed by atoms with Gasteiger partial charge in [-0.3, -0.25) is 9.69 Å². The molecular weight excluding hydrogens is 246 g/mol. The monoisotopic (exact) mass is 263 g/mol. The normalized spacial score (nSPS) is 17.6. The molecule has 0 aliphatic carbocycles. The van der Waals surface area contributed by atoms with Gasteiger partial charge in [0.15, 0.2) is 5.78 Å². The second kappa shape index (κ2) is 6.10. The second-order valence-electron chi connectivity index (χ2n) is 4.60. The molecule has 2 rings (SSSR count). The Morgan fingerprint density at radius 3 is 2.78 bits per heavy atom. The molecule has 18 heavy (non-hydrogen) atoms. The van der Waals surface area contributed by atoms with Crippen LogP contribution in [0.5, 0.6) is 0 Å². The van der Waals surface area contributed by atoms with E-state index in [-0.39, 0.29) is 5.78 Å². The predicted molar refractivity (Wildman–Crippen MR) is 71.9 cm³/mol. The van der Waals surface area contributed by atoms with Crippen LogP contribution in [0.2, 0.25) is 0 Å². The summed E-state index contributed by atoms with van der Waals surface area (Å²) in [4.78, 5) is 18.3. The summed E-state index contributed by atoms with van der Waals surface area (Å²) in [6.45, 7) is 4.46. The SMILES string of the molecule is CN1CCN(CC(=O)c2ccc(CC#N)s2)CC1. The fraction of sp³-hybridized carbons (Fsp3) is 0.538. The molecule has 0 saturated carbocycles. The Bertz CT molecular complexity index is 455. The minimum atomic E-state index is 0.175. The van der Waals surface area contributed by atoms with Gasteiger partial charge in [-0.2, -0.15) is 5.26 Å². The van der Waals surface area contributed by atoms with E-state index in [4.69, 9.17) is 5.26 Å². The van der Waals surface area contributed by atoms with Crippen molar-refractivity contribution in [2.75, 3.05) is 39.8 Å². The van der Waals surface area contributed by atoms with Gasteiger partial charge in [-0.25, -0.2) is 0 Å². The first-order valence-electron chi connectivity index (χ1n) is 6.09. The quantitative estimate of drug-likeness (QED) is 0.767. The third-order valence-electron chi connectivity index (χ3n) is 3.15. The van der Waals surface area contributed by atoms with E-state index in [0.717, 1.165) is 35.9 Å². The Hall–Kier alpha value is -1.22. The van der Waals surface area contributed by atoms with Crippen LogP contribution in [-0.2, 0) is 6.42 Å². The Kier molecular flexibility index (Phi) is 4.48. The molecule has 0 N–H and O–H groups in total. The van der Waals surface area contributed by atoms with Gasteiger partial charge in [0.25, 0.3) is 0 Å². The summed E-state index contributed by atoms with van der Waals surface area (Å²) >= 11 is 1.45. The molecule has 1 aliphatic heterocycles. The Balaban J connectivity index is 1.89. The van der Waals surface area contributed by atoms with Crippen LogP contribution < -0.4 is 0 Å². The summed E-state index contributed by atoms with van der Waals surface area (Å²) in [7, 11) is 2.10. The van der Waals surface area contributed by atoms with Crippen LogP contribution >= 0.6 is 11.3 Å². The fourth-order valence-corrected chi connectivity index (χ4v) is 2.86. The standard InChI is InChI=1S/C13H17N3OS/c1-15-6-8-16(9-7-15)10-12(17)13-3-2-11(18-13)4-5-14/h2-3H,4,6-10H2,1H3. The van der Waals surface area contributed by atoms with Crippen LogP contribution in [-0.4, -0.2) is 55.4 Å². The zero-order valence-corrected chi connectivity index (χ0v) is 11.4. The highest BCUT2D eigenvalue weighted by molar-refractivity contribution is 7.14. The van der Waals surface area contributed by atoms with Gasteiger partial charge >= 0.3 is 0 Å². The summed E-state index contributed by atoms with van der Waals surface area (Å²) in [6.07, 6.45) is 0.395. The van der Waals surface area contributed by atoms with E-state index in [0.29, 0.717) is 13.0 Å². The number of thiophene rings is 1. The van der Waals surface area contributed by atoms with Gasteiger partial charge in [0.1, 0.15) is 0 Å². The molecule has 1 aromatic rings. The highest BCUT2D eigenvalue weighted by Crippen LogP contribution is 2.18. The summed E-state index contributed by atoms with van der Waals surface area (Å²) in [5.41, 5.74) is 0. The maximum absolute atomic E-state index is 12.1. The number of ketones is 1. The molecular formula is C13H17N3OS. The molecule has 4 nitrogen and oxygen atoms in total. The molecule has 1 aromatic heterocycles. The number of likely N-dealkylation sites (N-methyl/N-ethyl adjacent to an activating group) is 1. The lowest BCUT2D eigenvalue weighted by Gasteiger charge is -2.31. The topological polar surface area (TPSA) is 47.3 Å². The molecule has 0 amide bonds. The number of nitriles is 1. The number of piperazine rings is 1. The molecule has 0 bridgehead atoms. The van der Waals surface area contributed by atoms with Gasteiger partial charge in [0.05, 0.1) is 23.9 Å². The van der Waals surface area contributed by atoms with Gasteiger partial charge in [-0.05, 0) is 19.2 Å². The summed E-state index contributed by atoms with van der Waals surface area (Å²) < 4.78 is 0. The van der Waals surface area contributed by atoms with Crippen LogP contribution in [0.25, 0.3) is 0 Å². The van der Waals surface area contributed by atoms with Crippen LogP contribution in [0.1, 0.15) is 14.5 Å². The third-order valence-corrected chi connectivity index (χ3v) is 4.28. The average molecular weight is 263 g/mol. The maximum atomic E-state index is 12.1. The van der Waals surface area contributed by atoms with E-state index in [1.165, 1.54) is 11.3 Å². The van der Waals surface area contributed by atoms with Gasteiger partial charge in [0, 0.05) is 31.1 Å². The first kappa shape index (κ1) is 13.2. The molecule has 96 valence electrons. The molecule has 1 fully saturated rings. The van der Waals surface area contributed by atoms with Crippen LogP contribution in [0.3, 0.4) is 0 Å². The van der Waals surface area contributed by atoms with E-state index < -0.39 is 0 Å². The molecule has 0 aromatic carbocycles. The summed E-state index contributed by atoms with van der Waals surface area (Å²) in [5.74, 6) is 0.175. The largest absolute Gasteiger partial charge is 0.304 e. The van der Waals surface area contributed by atoms with Crippen molar-refractivity contribution in [2.45, 2.75) is 6.42 Å². The number of hydrogen-bond acceptors (Lipinski definition) is 5. The number of Topliss-reactive ketones (excluding diaryl/α,β-unsaturated/α-hetero) is 1. The Morgan fingerprint density at radius 2 is 2.11 bits per heavy atom. The zero-order chi connectivity index (χ0) is 13.0. The predicted octanol–water partition coefficient (Wildman–Crippen LogP) is 1.24. The van der Waals surface area contributed by atoms with Crippen molar-refractivity contribution in [3.05, 3.63) is 21.9 Å². The number of carbonyl (C=O) groups excluding carboxylic acids is 1. The highest BCUT2D eigenvalue weighted by Gasteiger charge is 2.18. The van der Waals surface area contributed by atoms with Gasteiger partial charge < -0.3 is 4.90 Å². The molecule has 0 unspecified atom stereocenters. The van der Waals surface area contributed by atoms with Crippen molar-refractivity contribution in [3.8, 4) is 6.07 Å². The maximum Gasteiger partial charge on any atom is 0.186 e. The smallest absolute Gasteiger partial charge is 0.186 e. The van der Waals surface area contributed by atoms with Crippen LogP contribution in [0.4, 0.5) is 0 Å². The van der Waals surface area contributed by atoms with E-state index in [1.54, 1.807) is 0 Å². The van der Waals surface area contributed by atoms with E-state index in [9.17, 15) is 4.79 Å². The van der Waals surface area contributed by atoms with Crippen molar-refractivity contribution >= 4 is 17.1 Å². The lowest BCUT2D eigenvalue weighted by Crippen LogP contribution is -2.46. The lowest BCUT2D eigenvalue weighted by atomic mass is 10.2. The summed E-state index contributed by atoms with van der Waals surface area (Å²) in [6, 6.07) is 5.83. The summed E-state index contributed by atoms with van der Waals surface area (Å²) in [5, 5.41) is 8.61. The molecule has 0 radical (unpaired) electrons. The molecule has 1 saturated heterocycles. The van der Waals surface area contributed by atoms with Crippen molar-refractivity contribution in [2.24, 2.45) is 0 Å². The van der Waals surface area contributed by atoms with Gasteiger partial charge in [-0.1, -0.05) is 0 Å². The Labute approximate surface area is 111 Å². The van der Waals surface area contributed by atoms with Crippen molar-refractivity contribution in [1.82, 2.24) is 9.80 Å². The lowest BCUT2D eigenvalue weighted by molar-refractivity contribution is 0.0880. The fourth-order valence-electron chi connectivity index (χ4n) is 1.99. The molecule has 5 heteroatoms. The van der Waals surface area contributed by atoms with Gasteiger partial charge in [0.2, 0.25) is 0 Å². The van der Waals surface area contributed by atoms with Crippen LogP contribution in [0.15, 0.2) is 12.1 Å². The minimum Gasteiger partial charge on any atom is -0.304 e. The highest BCUT2D eigenvalue weighted by atomic mass is 32.1. The van der Waals surface area contributed by atoms with Gasteiger partial charge in [-0.15, -0.1) is 11.3 Å². The number of hydrogen-bond donors (Lipinski definition) is 0. The van der Waals surface area contributed by atoms with E-state index >= 15 is 0 Å². The number of rotatable bonds is 4. The number of nitrogens with zero attached hydrogens (tertiary/aromatic N) is 3. The van der Waals surface area contributed by atoms with Crippen molar-refractivity contribution in [3.63, 3.8) is 0 Å². The first-order chi connectivity index (χ1) is 8.69. The van der Waals surface area contributed by atoms with Crippen molar-refractivity contribution in [1.29, 1.82) is 5.26 Å². The molecule has 1 aliphatic rings. The molecule has 0 atom stereocenters. The van der Waals surface area contributed by atoms with Crippen molar-refractivity contribution < 1.29 is 4.79 Å². The van der Waals surface area contributed by atoms with Crippen LogP contribution in [0, 0.1) is 11.3 Å². The average Bonchev–Trinajstić information content (AvgIpc) is 2.81. The second-order valence-corrected chi connectivity index (χ2v) is 5.77. The number of carbonyl (C=O) groups is 1. The van der Waals surface area contributed by atoms with E-state index in [2.05, 4.69) is 22.9 Å². The zero-order valence-electron chi connectivity index (χ0n) is 10.6. The molecule has 0 spiro atoms. The Morgan fingerprint density at radius 1 is 1.39 bits per heavy atom. The molecule has 2 heterocycles.